The molecule has 0 saturated heterocycles. The molecule has 1 aromatic heterocycles. The molecular formula is C17H15N5O4. The molecular weight excluding hydrogens is 338 g/mol. The van der Waals surface area contributed by atoms with Crippen LogP contribution in [0.3, 0.4) is 0 Å². The molecule has 3 aromatic rings. The van der Waals surface area contributed by atoms with E-state index in [1.165, 1.54) is 35.3 Å². The zero-order valence-corrected chi connectivity index (χ0v) is 13.6. The van der Waals surface area contributed by atoms with Gasteiger partial charge in [-0.2, -0.15) is 0 Å². The third kappa shape index (κ3) is 3.83. The molecule has 0 atom stereocenters. The first-order chi connectivity index (χ1) is 12.5. The number of carbonyl (C=O) groups excluding carboxylic acids is 2. The summed E-state index contributed by atoms with van der Waals surface area (Å²) in [7, 11) is 0. The van der Waals surface area contributed by atoms with Crippen LogP contribution in [0, 0.1) is 10.1 Å². The van der Waals surface area contributed by atoms with Gasteiger partial charge in [-0.05, 0) is 24.3 Å². The fourth-order valence-corrected chi connectivity index (χ4v) is 2.36. The number of rotatable bonds is 6. The second kappa shape index (κ2) is 7.43. The molecule has 9 nitrogen and oxygen atoms in total. The van der Waals surface area contributed by atoms with Crippen LogP contribution in [0.5, 0.6) is 0 Å². The number of aromatic nitrogens is 2. The molecule has 1 heterocycles. The van der Waals surface area contributed by atoms with E-state index in [0.29, 0.717) is 0 Å². The van der Waals surface area contributed by atoms with Gasteiger partial charge >= 0.3 is 0 Å². The Bertz CT molecular complexity index is 965. The van der Waals surface area contributed by atoms with Gasteiger partial charge in [0.05, 0.1) is 16.0 Å². The van der Waals surface area contributed by atoms with E-state index >= 15 is 0 Å². The number of nitro benzene ring substituents is 1. The van der Waals surface area contributed by atoms with Crippen LogP contribution in [0.15, 0.2) is 54.9 Å². The van der Waals surface area contributed by atoms with Crippen LogP contribution in [0.1, 0.15) is 16.8 Å². The van der Waals surface area contributed by atoms with E-state index in [4.69, 9.17) is 0 Å². The van der Waals surface area contributed by atoms with Crippen molar-refractivity contribution in [2.45, 2.75) is 6.42 Å². The highest BCUT2D eigenvalue weighted by Gasteiger charge is 2.10. The molecule has 9 heteroatoms. The Hall–Kier alpha value is -3.75. The monoisotopic (exact) mass is 353 g/mol. The molecule has 0 saturated carbocycles. The van der Waals surface area contributed by atoms with Crippen molar-refractivity contribution in [2.24, 2.45) is 0 Å². The largest absolute Gasteiger partial charge is 0.352 e. The minimum absolute atomic E-state index is 0.0746. The lowest BCUT2D eigenvalue weighted by atomic mass is 10.2. The van der Waals surface area contributed by atoms with Crippen LogP contribution in [0.2, 0.25) is 0 Å². The number of fused-ring (bicyclic) bond motifs is 1. The lowest BCUT2D eigenvalue weighted by molar-refractivity contribution is -0.384. The number of non-ortho nitro benzene ring substituents is 1. The van der Waals surface area contributed by atoms with Gasteiger partial charge in [-0.3, -0.25) is 25.1 Å². The Morgan fingerprint density at radius 2 is 1.85 bits per heavy atom. The van der Waals surface area contributed by atoms with Crippen molar-refractivity contribution in [1.29, 1.82) is 0 Å². The molecule has 26 heavy (non-hydrogen) atoms. The van der Waals surface area contributed by atoms with Crippen molar-refractivity contribution in [3.8, 4) is 0 Å². The quantitative estimate of drug-likeness (QED) is 0.517. The average Bonchev–Trinajstić information content (AvgIpc) is 3.04. The maximum atomic E-state index is 12.0. The number of carbonyl (C=O) groups is 2. The summed E-state index contributed by atoms with van der Waals surface area (Å²) in [5.41, 5.74) is 4.42. The van der Waals surface area contributed by atoms with Crippen molar-refractivity contribution < 1.29 is 14.5 Å². The van der Waals surface area contributed by atoms with Gasteiger partial charge in [0.25, 0.3) is 11.6 Å². The van der Waals surface area contributed by atoms with Gasteiger partial charge in [-0.25, -0.2) is 9.66 Å². The smallest absolute Gasteiger partial charge is 0.269 e. The minimum Gasteiger partial charge on any atom is -0.352 e. The first-order valence-corrected chi connectivity index (χ1v) is 7.79. The summed E-state index contributed by atoms with van der Waals surface area (Å²) in [6, 6.07) is 12.6. The molecule has 3 rings (SSSR count). The zero-order chi connectivity index (χ0) is 18.5. The number of hydrogen-bond acceptors (Lipinski definition) is 5. The molecule has 0 bridgehead atoms. The van der Waals surface area contributed by atoms with Crippen molar-refractivity contribution in [3.05, 3.63) is 70.5 Å². The summed E-state index contributed by atoms with van der Waals surface area (Å²) in [6.45, 7) is 0.133. The first-order valence-electron chi connectivity index (χ1n) is 7.79. The van der Waals surface area contributed by atoms with Crippen LogP contribution in [-0.2, 0) is 4.79 Å². The molecule has 132 valence electrons. The number of benzene rings is 2. The lowest BCUT2D eigenvalue weighted by Crippen LogP contribution is -2.29. The summed E-state index contributed by atoms with van der Waals surface area (Å²) < 4.78 is 1.52. The van der Waals surface area contributed by atoms with Crippen LogP contribution in [0.4, 0.5) is 5.69 Å². The minimum atomic E-state index is -0.536. The Morgan fingerprint density at radius 3 is 2.58 bits per heavy atom. The maximum absolute atomic E-state index is 12.0. The number of nitrogens with zero attached hydrogens (tertiary/aromatic N) is 3. The van der Waals surface area contributed by atoms with E-state index in [1.807, 2.05) is 24.3 Å². The predicted octanol–water partition coefficient (Wildman–Crippen LogP) is 1.83. The van der Waals surface area contributed by atoms with Crippen molar-refractivity contribution >= 4 is 28.5 Å². The van der Waals surface area contributed by atoms with Gasteiger partial charge in [0.2, 0.25) is 5.91 Å². The Morgan fingerprint density at radius 1 is 1.12 bits per heavy atom. The van der Waals surface area contributed by atoms with Crippen molar-refractivity contribution in [2.75, 3.05) is 12.0 Å². The topological polar surface area (TPSA) is 119 Å². The van der Waals surface area contributed by atoms with Gasteiger partial charge in [-0.1, -0.05) is 12.1 Å². The fourth-order valence-electron chi connectivity index (χ4n) is 2.36. The molecule has 0 unspecified atom stereocenters. The number of imidazole rings is 1. The van der Waals surface area contributed by atoms with Crippen LogP contribution in [-0.4, -0.2) is 32.9 Å². The van der Waals surface area contributed by atoms with E-state index in [0.717, 1.165) is 11.0 Å². The third-order valence-electron chi connectivity index (χ3n) is 3.68. The van der Waals surface area contributed by atoms with E-state index in [2.05, 4.69) is 15.7 Å². The number of nitrogens with one attached hydrogen (secondary N) is 2. The molecule has 0 aliphatic heterocycles. The number of nitro groups is 1. The normalized spacial score (nSPS) is 10.5. The number of amides is 2. The first kappa shape index (κ1) is 17.1. The summed E-state index contributed by atoms with van der Waals surface area (Å²) in [6.07, 6.45) is 1.59. The second-order valence-corrected chi connectivity index (χ2v) is 5.45. The average molecular weight is 353 g/mol. The van der Waals surface area contributed by atoms with Crippen LogP contribution >= 0.6 is 0 Å². The van der Waals surface area contributed by atoms with E-state index in [1.54, 1.807) is 0 Å². The van der Waals surface area contributed by atoms with Gasteiger partial charge in [0, 0.05) is 30.7 Å². The summed E-state index contributed by atoms with van der Waals surface area (Å²) in [4.78, 5) is 38.2. The summed E-state index contributed by atoms with van der Waals surface area (Å²) in [5.74, 6) is -0.682. The third-order valence-corrected chi connectivity index (χ3v) is 3.68. The molecule has 2 N–H and O–H groups in total. The molecule has 0 aliphatic carbocycles. The van der Waals surface area contributed by atoms with Crippen molar-refractivity contribution in [1.82, 2.24) is 15.0 Å². The second-order valence-electron chi connectivity index (χ2n) is 5.45. The van der Waals surface area contributed by atoms with E-state index in [9.17, 15) is 19.7 Å². The van der Waals surface area contributed by atoms with Crippen LogP contribution in [0.25, 0.3) is 11.0 Å². The lowest BCUT2D eigenvalue weighted by Gasteiger charge is -2.08. The molecule has 0 aliphatic rings. The molecule has 2 amide bonds. The Balaban J connectivity index is 1.50. The van der Waals surface area contributed by atoms with E-state index < -0.39 is 10.8 Å². The van der Waals surface area contributed by atoms with Gasteiger partial charge in [0.15, 0.2) is 0 Å². The SMILES string of the molecule is O=C(CCNC(=O)c1ccc([N+](=O)[O-])cc1)Nn1cnc2ccccc21. The standard InChI is InChI=1S/C17H15N5O4/c23-16(20-21-11-19-14-3-1-2-4-15(14)21)9-10-18-17(24)12-5-7-13(8-6-12)22(25)26/h1-8,11H,9-10H2,(H,18,24)(H,20,23). The highest BCUT2D eigenvalue weighted by molar-refractivity contribution is 5.95. The maximum Gasteiger partial charge on any atom is 0.269 e. The van der Waals surface area contributed by atoms with Crippen molar-refractivity contribution in [3.63, 3.8) is 0 Å². The van der Waals surface area contributed by atoms with Crippen LogP contribution < -0.4 is 10.7 Å². The molecule has 0 spiro atoms. The van der Waals surface area contributed by atoms with Gasteiger partial charge < -0.3 is 5.32 Å². The highest BCUT2D eigenvalue weighted by Crippen LogP contribution is 2.12. The Labute approximate surface area is 147 Å². The van der Waals surface area contributed by atoms with Gasteiger partial charge in [-0.15, -0.1) is 0 Å². The summed E-state index contributed by atoms with van der Waals surface area (Å²) >= 11 is 0. The van der Waals surface area contributed by atoms with Gasteiger partial charge in [0.1, 0.15) is 6.33 Å². The Kier molecular flexibility index (Phi) is 4.88. The molecule has 2 aromatic carbocycles. The highest BCUT2D eigenvalue weighted by atomic mass is 16.6. The number of para-hydroxylation sites is 2. The summed E-state index contributed by atoms with van der Waals surface area (Å²) in [5, 5.41) is 13.2. The molecule has 0 fully saturated rings. The van der Waals surface area contributed by atoms with E-state index in [-0.39, 0.29) is 30.1 Å². The fraction of sp³-hybridized carbons (Fsp3) is 0.118. The molecule has 0 radical (unpaired) electrons. The predicted molar refractivity (Wildman–Crippen MR) is 94.1 cm³/mol. The zero-order valence-electron chi connectivity index (χ0n) is 13.6. The number of hydrogen-bond donors (Lipinski definition) is 2.